The molecule has 11 heteroatoms. The molecule has 2 aliphatic rings. The van der Waals surface area contributed by atoms with Crippen LogP contribution in [-0.4, -0.2) is 59.8 Å². The van der Waals surface area contributed by atoms with E-state index in [1.165, 1.54) is 17.5 Å². The van der Waals surface area contributed by atoms with Crippen molar-refractivity contribution < 1.29 is 14.7 Å². The molecule has 0 bridgehead atoms. The Morgan fingerprint density at radius 3 is 2.81 bits per heavy atom. The van der Waals surface area contributed by atoms with Gasteiger partial charge < -0.3 is 15.3 Å². The van der Waals surface area contributed by atoms with Gasteiger partial charge in [-0.05, 0) is 43.0 Å². The van der Waals surface area contributed by atoms with E-state index in [2.05, 4.69) is 15.6 Å². The number of urea groups is 2. The summed E-state index contributed by atoms with van der Waals surface area (Å²) in [6.45, 7) is 2.18. The van der Waals surface area contributed by atoms with Crippen molar-refractivity contribution in [1.29, 1.82) is 0 Å². The fourth-order valence-electron chi connectivity index (χ4n) is 4.23. The lowest BCUT2D eigenvalue weighted by Crippen LogP contribution is -2.44. The molecule has 4 rings (SSSR count). The summed E-state index contributed by atoms with van der Waals surface area (Å²) in [6, 6.07) is 5.09. The average molecular weight is 484 g/mol. The summed E-state index contributed by atoms with van der Waals surface area (Å²) in [4.78, 5) is 33.2. The Bertz CT molecular complexity index is 987. The van der Waals surface area contributed by atoms with Crippen molar-refractivity contribution in [3.05, 3.63) is 39.3 Å². The zero-order chi connectivity index (χ0) is 22.0. The number of amides is 4. The number of carbonyl (C=O) groups excluding carboxylic acids is 2. The van der Waals surface area contributed by atoms with Gasteiger partial charge in [0, 0.05) is 48.9 Å². The topological polar surface area (TPSA) is 97.8 Å². The number of nitrogens with one attached hydrogen (secondary N) is 2. The number of nitrogens with zero attached hydrogens (tertiary/aromatic N) is 3. The highest BCUT2D eigenvalue weighted by Crippen LogP contribution is 2.47. The zero-order valence-electron chi connectivity index (χ0n) is 16.7. The third kappa shape index (κ3) is 4.59. The van der Waals surface area contributed by atoms with Gasteiger partial charge in [-0.3, -0.25) is 10.2 Å². The fourth-order valence-corrected chi connectivity index (χ4v) is 5.21. The Morgan fingerprint density at radius 2 is 2.06 bits per heavy atom. The monoisotopic (exact) mass is 483 g/mol. The van der Waals surface area contributed by atoms with E-state index in [4.69, 9.17) is 28.3 Å². The lowest BCUT2D eigenvalue weighted by Gasteiger charge is -2.26. The minimum Gasteiger partial charge on any atom is -0.396 e. The zero-order valence-corrected chi connectivity index (χ0v) is 19.1. The third-order valence-corrected chi connectivity index (χ3v) is 6.99. The first kappa shape index (κ1) is 22.1. The first-order valence-corrected chi connectivity index (χ1v) is 11.6. The lowest BCUT2D eigenvalue weighted by atomic mass is 9.81. The van der Waals surface area contributed by atoms with E-state index in [-0.39, 0.29) is 24.1 Å². The van der Waals surface area contributed by atoms with Crippen LogP contribution in [0, 0.1) is 0 Å². The van der Waals surface area contributed by atoms with E-state index in [1.54, 1.807) is 15.9 Å². The summed E-state index contributed by atoms with van der Waals surface area (Å²) in [5.74, 6) is 0. The molecule has 8 nitrogen and oxygen atoms in total. The fraction of sp³-hybridized carbons (Fsp3) is 0.450. The molecule has 0 radical (unpaired) electrons. The van der Waals surface area contributed by atoms with Gasteiger partial charge in [0.25, 0.3) is 0 Å². The van der Waals surface area contributed by atoms with E-state index >= 15 is 0 Å². The van der Waals surface area contributed by atoms with Crippen LogP contribution in [0.4, 0.5) is 20.4 Å². The SMILES string of the molecule is O=C(NCCCCO)N1CCC2(C1)CN(C(=O)Nc1ncc(Cl)s1)c1ccc(Cl)cc12. The average Bonchev–Trinajstić information content (AvgIpc) is 3.44. The molecule has 1 aromatic heterocycles. The predicted octanol–water partition coefficient (Wildman–Crippen LogP) is 3.93. The Kier molecular flexibility index (Phi) is 6.57. The highest BCUT2D eigenvalue weighted by Gasteiger charge is 2.50. The Hall–Kier alpha value is -2.07. The van der Waals surface area contributed by atoms with Crippen molar-refractivity contribution in [2.45, 2.75) is 24.7 Å². The van der Waals surface area contributed by atoms with Gasteiger partial charge in [-0.15, -0.1) is 0 Å². The molecule has 1 fully saturated rings. The molecule has 0 aliphatic carbocycles. The summed E-state index contributed by atoms with van der Waals surface area (Å²) < 4.78 is 0.497. The molecule has 1 saturated heterocycles. The van der Waals surface area contributed by atoms with Gasteiger partial charge in [-0.1, -0.05) is 34.5 Å². The van der Waals surface area contributed by atoms with Gasteiger partial charge in [0.1, 0.15) is 4.34 Å². The lowest BCUT2D eigenvalue weighted by molar-refractivity contribution is 0.205. The largest absolute Gasteiger partial charge is 0.396 e. The number of unbranched alkanes of at least 4 members (excludes halogenated alkanes) is 1. The summed E-state index contributed by atoms with van der Waals surface area (Å²) in [5.41, 5.74) is 1.39. The van der Waals surface area contributed by atoms with Gasteiger partial charge in [-0.2, -0.15) is 0 Å². The van der Waals surface area contributed by atoms with Crippen LogP contribution in [0.5, 0.6) is 0 Å². The number of aliphatic hydroxyl groups is 1. The number of anilines is 2. The van der Waals surface area contributed by atoms with Crippen LogP contribution in [0.2, 0.25) is 9.36 Å². The van der Waals surface area contributed by atoms with Gasteiger partial charge in [-0.25, -0.2) is 14.6 Å². The number of rotatable bonds is 5. The summed E-state index contributed by atoms with van der Waals surface area (Å²) in [6.07, 6.45) is 3.62. The number of hydrogen-bond donors (Lipinski definition) is 3. The molecule has 4 amide bonds. The van der Waals surface area contributed by atoms with Crippen molar-refractivity contribution >= 4 is 57.4 Å². The number of thiazole rings is 1. The molecule has 1 spiro atoms. The number of hydrogen-bond acceptors (Lipinski definition) is 5. The molecular formula is C20H23Cl2N5O3S. The van der Waals surface area contributed by atoms with Crippen LogP contribution >= 0.6 is 34.5 Å². The minimum atomic E-state index is -0.374. The van der Waals surface area contributed by atoms with Crippen LogP contribution in [0.1, 0.15) is 24.8 Å². The number of aliphatic hydroxyl groups excluding tert-OH is 1. The summed E-state index contributed by atoms with van der Waals surface area (Å²) >= 11 is 13.4. The number of fused-ring (bicyclic) bond motifs is 2. The Morgan fingerprint density at radius 1 is 1.23 bits per heavy atom. The van der Waals surface area contributed by atoms with Crippen LogP contribution in [0.3, 0.4) is 0 Å². The van der Waals surface area contributed by atoms with E-state index in [9.17, 15) is 9.59 Å². The maximum absolute atomic E-state index is 13.0. The highest BCUT2D eigenvalue weighted by molar-refractivity contribution is 7.19. The molecule has 1 atom stereocenters. The number of aromatic nitrogens is 1. The number of carbonyl (C=O) groups is 2. The molecule has 3 heterocycles. The summed E-state index contributed by atoms with van der Waals surface area (Å²) in [7, 11) is 0. The predicted molar refractivity (Wildman–Crippen MR) is 123 cm³/mol. The Labute approximate surface area is 194 Å². The van der Waals surface area contributed by atoms with Gasteiger partial charge in [0.2, 0.25) is 0 Å². The maximum Gasteiger partial charge on any atom is 0.328 e. The van der Waals surface area contributed by atoms with E-state index in [1.807, 2.05) is 12.1 Å². The smallest absolute Gasteiger partial charge is 0.328 e. The normalized spacial score (nSPS) is 19.7. The van der Waals surface area contributed by atoms with Gasteiger partial charge in [0.15, 0.2) is 5.13 Å². The van der Waals surface area contributed by atoms with Crippen LogP contribution < -0.4 is 15.5 Å². The third-order valence-electron chi connectivity index (χ3n) is 5.72. The number of benzene rings is 1. The number of halogens is 2. The van der Waals surface area contributed by atoms with E-state index in [0.29, 0.717) is 47.1 Å². The van der Waals surface area contributed by atoms with Crippen molar-refractivity contribution in [1.82, 2.24) is 15.2 Å². The van der Waals surface area contributed by atoms with Crippen LogP contribution in [0.25, 0.3) is 0 Å². The molecule has 31 heavy (non-hydrogen) atoms. The first-order chi connectivity index (χ1) is 14.9. The quantitative estimate of drug-likeness (QED) is 0.561. The molecule has 166 valence electrons. The second kappa shape index (κ2) is 9.20. The molecule has 2 aliphatic heterocycles. The Balaban J connectivity index is 1.51. The first-order valence-electron chi connectivity index (χ1n) is 10.1. The van der Waals surface area contributed by atoms with E-state index < -0.39 is 0 Å². The molecule has 0 saturated carbocycles. The molecule has 2 aromatic rings. The van der Waals surface area contributed by atoms with Crippen molar-refractivity contribution in [2.24, 2.45) is 0 Å². The molecule has 3 N–H and O–H groups in total. The summed E-state index contributed by atoms with van der Waals surface area (Å²) in [5, 5.41) is 15.6. The second-order valence-electron chi connectivity index (χ2n) is 7.76. The van der Waals surface area contributed by atoms with Crippen molar-refractivity contribution in [2.75, 3.05) is 43.0 Å². The molecular weight excluding hydrogens is 461 g/mol. The van der Waals surface area contributed by atoms with Gasteiger partial charge >= 0.3 is 12.1 Å². The minimum absolute atomic E-state index is 0.116. The number of likely N-dealkylation sites (tertiary alicyclic amines) is 1. The van der Waals surface area contributed by atoms with Crippen molar-refractivity contribution in [3.8, 4) is 0 Å². The van der Waals surface area contributed by atoms with Crippen molar-refractivity contribution in [3.63, 3.8) is 0 Å². The second-order valence-corrected chi connectivity index (χ2v) is 9.86. The van der Waals surface area contributed by atoms with Crippen LogP contribution in [0.15, 0.2) is 24.4 Å². The maximum atomic E-state index is 13.0. The van der Waals surface area contributed by atoms with Gasteiger partial charge in [0.05, 0.1) is 6.20 Å². The van der Waals surface area contributed by atoms with Crippen LogP contribution in [-0.2, 0) is 5.41 Å². The molecule has 1 aromatic carbocycles. The van der Waals surface area contributed by atoms with E-state index in [0.717, 1.165) is 24.1 Å². The standard InChI is InChI=1S/C20H23Cl2N5O3S/c21-13-3-4-15-14(9-13)20(5-7-26(11-20)18(29)23-6-1-2-8-28)12-27(15)19(30)25-17-24-10-16(22)31-17/h3-4,9-10,28H,1-2,5-8,11-12H2,(H,23,29)(H,24,25,30). The highest BCUT2D eigenvalue weighted by atomic mass is 35.5. The molecule has 1 unspecified atom stereocenters.